The molecule has 0 aromatic rings. The van der Waals surface area contributed by atoms with Crippen LogP contribution < -0.4 is 0 Å². The molecule has 1 atom stereocenters. The van der Waals surface area contributed by atoms with Crippen LogP contribution in [0.3, 0.4) is 0 Å². The molecule has 0 radical (unpaired) electrons. The van der Waals surface area contributed by atoms with Crippen LogP contribution in [0.1, 0.15) is 20.8 Å². The lowest BCUT2D eigenvalue weighted by molar-refractivity contribution is -0.0388. The molecule has 4 heteroatoms. The summed E-state index contributed by atoms with van der Waals surface area (Å²) in [6.45, 7) is 8.54. The van der Waals surface area contributed by atoms with Gasteiger partial charge < -0.3 is 19.3 Å². The third-order valence-electron chi connectivity index (χ3n) is 2.08. The molecular weight excluding hydrogens is 196 g/mol. The lowest BCUT2D eigenvalue weighted by Gasteiger charge is -2.25. The number of methoxy groups -OCH3 is 1. The molecule has 1 unspecified atom stereocenters. The summed E-state index contributed by atoms with van der Waals surface area (Å²) in [7, 11) is 1.64. The molecule has 0 bridgehead atoms. The van der Waals surface area contributed by atoms with Crippen molar-refractivity contribution in [3.63, 3.8) is 0 Å². The number of rotatable bonds is 8. The van der Waals surface area contributed by atoms with Crippen molar-refractivity contribution >= 4 is 0 Å². The van der Waals surface area contributed by atoms with Crippen molar-refractivity contribution < 1.29 is 19.3 Å². The van der Waals surface area contributed by atoms with Gasteiger partial charge in [-0.05, 0) is 5.41 Å². The van der Waals surface area contributed by atoms with E-state index in [0.29, 0.717) is 33.0 Å². The first-order valence-corrected chi connectivity index (χ1v) is 5.31. The number of aliphatic hydroxyl groups excluding tert-OH is 1. The van der Waals surface area contributed by atoms with Gasteiger partial charge in [0.15, 0.2) is 0 Å². The van der Waals surface area contributed by atoms with E-state index >= 15 is 0 Å². The van der Waals surface area contributed by atoms with Crippen molar-refractivity contribution in [2.45, 2.75) is 26.9 Å². The van der Waals surface area contributed by atoms with Crippen LogP contribution in [-0.2, 0) is 14.2 Å². The van der Waals surface area contributed by atoms with Gasteiger partial charge in [0.1, 0.15) is 0 Å². The maximum atomic E-state index is 9.64. The zero-order chi connectivity index (χ0) is 11.7. The van der Waals surface area contributed by atoms with E-state index in [4.69, 9.17) is 14.2 Å². The third kappa shape index (κ3) is 8.81. The summed E-state index contributed by atoms with van der Waals surface area (Å²) in [5.74, 6) is 0. The Morgan fingerprint density at radius 1 is 1.00 bits per heavy atom. The highest BCUT2D eigenvalue weighted by Crippen LogP contribution is 2.18. The molecule has 1 N–H and O–H groups in total. The van der Waals surface area contributed by atoms with Crippen LogP contribution >= 0.6 is 0 Å². The topological polar surface area (TPSA) is 47.9 Å². The van der Waals surface area contributed by atoms with E-state index in [1.165, 1.54) is 0 Å². The van der Waals surface area contributed by atoms with Crippen molar-refractivity contribution in [3.05, 3.63) is 0 Å². The molecule has 15 heavy (non-hydrogen) atoms. The van der Waals surface area contributed by atoms with Crippen LogP contribution in [0.15, 0.2) is 0 Å². The highest BCUT2D eigenvalue weighted by molar-refractivity contribution is 4.71. The average Bonchev–Trinajstić information content (AvgIpc) is 2.14. The van der Waals surface area contributed by atoms with Gasteiger partial charge in [-0.25, -0.2) is 0 Å². The predicted octanol–water partition coefficient (Wildman–Crippen LogP) is 1.07. The summed E-state index contributed by atoms with van der Waals surface area (Å²) < 4.78 is 15.3. The summed E-state index contributed by atoms with van der Waals surface area (Å²) >= 11 is 0. The zero-order valence-electron chi connectivity index (χ0n) is 10.3. The van der Waals surface area contributed by atoms with Gasteiger partial charge in [-0.15, -0.1) is 0 Å². The maximum Gasteiger partial charge on any atom is 0.0821 e. The quantitative estimate of drug-likeness (QED) is 0.622. The summed E-state index contributed by atoms with van der Waals surface area (Å²) in [5.41, 5.74) is -0.128. The van der Waals surface area contributed by atoms with Gasteiger partial charge in [-0.1, -0.05) is 20.8 Å². The van der Waals surface area contributed by atoms with Crippen LogP contribution in [0.25, 0.3) is 0 Å². The average molecular weight is 220 g/mol. The van der Waals surface area contributed by atoms with E-state index in [0.717, 1.165) is 0 Å². The molecule has 0 saturated heterocycles. The number of hydrogen-bond acceptors (Lipinski definition) is 4. The molecule has 0 aromatic heterocycles. The number of hydrogen-bond donors (Lipinski definition) is 1. The zero-order valence-corrected chi connectivity index (χ0v) is 10.3. The molecule has 4 nitrogen and oxygen atoms in total. The molecule has 0 aliphatic carbocycles. The molecule has 0 aliphatic rings. The maximum absolute atomic E-state index is 9.64. The van der Waals surface area contributed by atoms with Crippen LogP contribution in [0.2, 0.25) is 0 Å². The summed E-state index contributed by atoms with van der Waals surface area (Å²) in [5, 5.41) is 9.64. The van der Waals surface area contributed by atoms with Crippen LogP contribution in [-0.4, -0.2) is 51.4 Å². The summed E-state index contributed by atoms with van der Waals surface area (Å²) in [6, 6.07) is 0. The Morgan fingerprint density at radius 3 is 2.07 bits per heavy atom. The molecule has 0 aliphatic heterocycles. The van der Waals surface area contributed by atoms with Gasteiger partial charge in [0.2, 0.25) is 0 Å². The van der Waals surface area contributed by atoms with Crippen molar-refractivity contribution in [1.82, 2.24) is 0 Å². The second-order valence-electron chi connectivity index (χ2n) is 4.56. The summed E-state index contributed by atoms with van der Waals surface area (Å²) in [6.07, 6.45) is -0.434. The van der Waals surface area contributed by atoms with E-state index in [1.807, 2.05) is 20.8 Å². The highest BCUT2D eigenvalue weighted by Gasteiger charge is 2.21. The minimum atomic E-state index is -0.434. The first kappa shape index (κ1) is 14.8. The first-order chi connectivity index (χ1) is 6.98. The van der Waals surface area contributed by atoms with E-state index in [9.17, 15) is 5.11 Å². The molecule has 0 spiro atoms. The Balaban J connectivity index is 3.24. The van der Waals surface area contributed by atoms with Crippen molar-refractivity contribution in [3.8, 4) is 0 Å². The largest absolute Gasteiger partial charge is 0.390 e. The first-order valence-electron chi connectivity index (χ1n) is 5.31. The van der Waals surface area contributed by atoms with E-state index in [2.05, 4.69) is 0 Å². The molecule has 0 fully saturated rings. The Hall–Kier alpha value is -0.160. The molecule has 0 heterocycles. The standard InChI is InChI=1S/C11H24O4/c1-11(2,3)10(12)9-15-8-7-14-6-5-13-4/h10,12H,5-9H2,1-4H3. The van der Waals surface area contributed by atoms with Crippen LogP contribution in [0, 0.1) is 5.41 Å². The predicted molar refractivity (Wildman–Crippen MR) is 59.0 cm³/mol. The van der Waals surface area contributed by atoms with Gasteiger partial charge in [-0.3, -0.25) is 0 Å². The fourth-order valence-electron chi connectivity index (χ4n) is 0.807. The smallest absolute Gasteiger partial charge is 0.0821 e. The lowest BCUT2D eigenvalue weighted by atomic mass is 9.90. The van der Waals surface area contributed by atoms with Gasteiger partial charge in [0, 0.05) is 7.11 Å². The molecular formula is C11H24O4. The Labute approximate surface area is 92.5 Å². The fraction of sp³-hybridized carbons (Fsp3) is 1.00. The van der Waals surface area contributed by atoms with Crippen molar-refractivity contribution in [2.24, 2.45) is 5.41 Å². The minimum absolute atomic E-state index is 0.128. The molecule has 0 amide bonds. The monoisotopic (exact) mass is 220 g/mol. The van der Waals surface area contributed by atoms with Gasteiger partial charge in [0.05, 0.1) is 39.1 Å². The molecule has 0 rings (SSSR count). The highest BCUT2D eigenvalue weighted by atomic mass is 16.5. The normalized spacial score (nSPS) is 14.2. The lowest BCUT2D eigenvalue weighted by Crippen LogP contribution is -2.31. The Kier molecular flexibility index (Phi) is 7.96. The Morgan fingerprint density at radius 2 is 1.53 bits per heavy atom. The van der Waals surface area contributed by atoms with Gasteiger partial charge >= 0.3 is 0 Å². The minimum Gasteiger partial charge on any atom is -0.390 e. The molecule has 92 valence electrons. The van der Waals surface area contributed by atoms with Crippen LogP contribution in [0.4, 0.5) is 0 Å². The SMILES string of the molecule is COCCOCCOCC(O)C(C)(C)C. The van der Waals surface area contributed by atoms with Crippen LogP contribution in [0.5, 0.6) is 0 Å². The fourth-order valence-corrected chi connectivity index (χ4v) is 0.807. The second-order valence-corrected chi connectivity index (χ2v) is 4.56. The Bertz CT molecular complexity index is 142. The van der Waals surface area contributed by atoms with Crippen molar-refractivity contribution in [2.75, 3.05) is 40.1 Å². The van der Waals surface area contributed by atoms with Gasteiger partial charge in [-0.2, -0.15) is 0 Å². The van der Waals surface area contributed by atoms with E-state index in [1.54, 1.807) is 7.11 Å². The van der Waals surface area contributed by atoms with E-state index < -0.39 is 6.10 Å². The van der Waals surface area contributed by atoms with E-state index in [-0.39, 0.29) is 5.41 Å². The third-order valence-corrected chi connectivity index (χ3v) is 2.08. The second kappa shape index (κ2) is 8.05. The summed E-state index contributed by atoms with van der Waals surface area (Å²) in [4.78, 5) is 0. The van der Waals surface area contributed by atoms with Gasteiger partial charge in [0.25, 0.3) is 0 Å². The molecule has 0 saturated carbocycles. The van der Waals surface area contributed by atoms with Crippen molar-refractivity contribution in [1.29, 1.82) is 0 Å². The number of ether oxygens (including phenoxy) is 3. The molecule has 0 aromatic carbocycles. The number of aliphatic hydroxyl groups is 1.